The largest absolute Gasteiger partial charge is 0.495 e. The summed E-state index contributed by atoms with van der Waals surface area (Å²) in [5.74, 6) is 7.31. The molecule has 6 heteroatoms. The lowest BCUT2D eigenvalue weighted by atomic mass is 10.1. The molecular formula is C15H18N2O3S. The highest BCUT2D eigenvalue weighted by molar-refractivity contribution is 7.85. The fraction of sp³-hybridized carbons (Fsp3) is 0.400. The second-order valence-electron chi connectivity index (χ2n) is 4.56. The number of carbonyl (C=O) groups is 1. The van der Waals surface area contributed by atoms with E-state index in [9.17, 15) is 9.00 Å². The number of hydrogen-bond acceptors (Lipinski definition) is 4. The van der Waals surface area contributed by atoms with Gasteiger partial charge in [0.15, 0.2) is 0 Å². The summed E-state index contributed by atoms with van der Waals surface area (Å²) >= 11 is 0. The third kappa shape index (κ3) is 3.84. The number of hydrogen-bond donors (Lipinski definition) is 1. The maximum atomic E-state index is 12.4. The molecular weight excluding hydrogens is 288 g/mol. The van der Waals surface area contributed by atoms with Crippen LogP contribution >= 0.6 is 0 Å². The Balaban J connectivity index is 2.23. The van der Waals surface area contributed by atoms with Gasteiger partial charge in [0.25, 0.3) is 5.91 Å². The minimum Gasteiger partial charge on any atom is -0.495 e. The average Bonchev–Trinajstić information content (AvgIpc) is 2.52. The number of rotatable bonds is 2. The van der Waals surface area contributed by atoms with Gasteiger partial charge in [-0.15, -0.1) is 0 Å². The first-order valence-electron chi connectivity index (χ1n) is 6.67. The van der Waals surface area contributed by atoms with Gasteiger partial charge in [-0.3, -0.25) is 9.00 Å². The zero-order chi connectivity index (χ0) is 15.2. The Kier molecular flexibility index (Phi) is 5.37. The van der Waals surface area contributed by atoms with Gasteiger partial charge in [-0.2, -0.15) is 0 Å². The summed E-state index contributed by atoms with van der Waals surface area (Å²) in [6.45, 7) is 1.31. The molecule has 0 unspecified atom stereocenters. The first kappa shape index (κ1) is 15.5. The van der Waals surface area contributed by atoms with E-state index in [2.05, 4.69) is 11.8 Å². The molecule has 1 aromatic carbocycles. The lowest BCUT2D eigenvalue weighted by Crippen LogP contribution is -2.41. The van der Waals surface area contributed by atoms with Gasteiger partial charge in [-0.1, -0.05) is 11.8 Å². The molecule has 0 aromatic heterocycles. The second kappa shape index (κ2) is 7.25. The molecule has 21 heavy (non-hydrogen) atoms. The Hall–Kier alpha value is -1.84. The van der Waals surface area contributed by atoms with Gasteiger partial charge in [-0.05, 0) is 18.2 Å². The lowest BCUT2D eigenvalue weighted by Gasteiger charge is -2.26. The van der Waals surface area contributed by atoms with E-state index in [1.165, 1.54) is 0 Å². The van der Waals surface area contributed by atoms with Gasteiger partial charge in [0.05, 0.1) is 19.2 Å². The van der Waals surface area contributed by atoms with E-state index in [-0.39, 0.29) is 12.5 Å². The van der Waals surface area contributed by atoms with Gasteiger partial charge < -0.3 is 15.4 Å². The predicted molar refractivity (Wildman–Crippen MR) is 82.7 cm³/mol. The molecule has 0 aliphatic carbocycles. The third-order valence-electron chi connectivity index (χ3n) is 3.24. The normalized spacial score (nSPS) is 15.2. The molecule has 1 heterocycles. The van der Waals surface area contributed by atoms with Gasteiger partial charge in [0.2, 0.25) is 0 Å². The van der Waals surface area contributed by atoms with Crippen molar-refractivity contribution in [2.24, 2.45) is 5.73 Å². The Bertz CT molecular complexity index is 609. The Labute approximate surface area is 126 Å². The summed E-state index contributed by atoms with van der Waals surface area (Å²) in [7, 11) is 0.762. The van der Waals surface area contributed by atoms with Crippen molar-refractivity contribution in [3.8, 4) is 17.6 Å². The van der Waals surface area contributed by atoms with E-state index in [1.807, 2.05) is 0 Å². The minimum atomic E-state index is -0.798. The van der Waals surface area contributed by atoms with Crippen molar-refractivity contribution in [2.45, 2.75) is 0 Å². The van der Waals surface area contributed by atoms with Crippen LogP contribution in [0.4, 0.5) is 0 Å². The van der Waals surface area contributed by atoms with Crippen molar-refractivity contribution in [3.63, 3.8) is 0 Å². The van der Waals surface area contributed by atoms with Crippen LogP contribution in [0.3, 0.4) is 0 Å². The van der Waals surface area contributed by atoms with Gasteiger partial charge in [0, 0.05) is 41.0 Å². The SMILES string of the molecule is COc1ccc(C(=O)N2CCS(=O)CC2)cc1C#CCN. The van der Waals surface area contributed by atoms with Crippen molar-refractivity contribution in [3.05, 3.63) is 29.3 Å². The molecule has 1 aromatic rings. The molecule has 2 N–H and O–H groups in total. The first-order valence-corrected chi connectivity index (χ1v) is 8.15. The fourth-order valence-electron chi connectivity index (χ4n) is 2.11. The second-order valence-corrected chi connectivity index (χ2v) is 6.26. The maximum Gasteiger partial charge on any atom is 0.253 e. The van der Waals surface area contributed by atoms with Crippen molar-refractivity contribution >= 4 is 16.7 Å². The summed E-state index contributed by atoms with van der Waals surface area (Å²) in [5.41, 5.74) is 6.58. The number of amides is 1. The van der Waals surface area contributed by atoms with Crippen LogP contribution in [0.5, 0.6) is 5.75 Å². The molecule has 112 valence electrons. The summed E-state index contributed by atoms with van der Waals surface area (Å²) in [5, 5.41) is 0. The molecule has 0 spiro atoms. The molecule has 0 bridgehead atoms. The number of nitrogens with zero attached hydrogens (tertiary/aromatic N) is 1. The van der Waals surface area contributed by atoms with Crippen LogP contribution in [0.25, 0.3) is 0 Å². The molecule has 1 aliphatic rings. The number of ether oxygens (including phenoxy) is 1. The van der Waals surface area contributed by atoms with Crippen LogP contribution in [-0.2, 0) is 10.8 Å². The minimum absolute atomic E-state index is 0.0647. The van der Waals surface area contributed by atoms with E-state index in [0.29, 0.717) is 41.5 Å². The van der Waals surface area contributed by atoms with Crippen LogP contribution in [0.15, 0.2) is 18.2 Å². The average molecular weight is 306 g/mol. The number of benzene rings is 1. The Morgan fingerprint density at radius 2 is 2.14 bits per heavy atom. The highest BCUT2D eigenvalue weighted by atomic mass is 32.2. The number of methoxy groups -OCH3 is 1. The molecule has 0 saturated carbocycles. The van der Waals surface area contributed by atoms with Gasteiger partial charge >= 0.3 is 0 Å². The van der Waals surface area contributed by atoms with Crippen LogP contribution in [0.2, 0.25) is 0 Å². The number of nitrogens with two attached hydrogens (primary N) is 1. The summed E-state index contributed by atoms with van der Waals surface area (Å²) < 4.78 is 16.6. The molecule has 1 saturated heterocycles. The van der Waals surface area contributed by atoms with E-state index < -0.39 is 10.8 Å². The van der Waals surface area contributed by atoms with Crippen molar-refractivity contribution in [1.82, 2.24) is 4.90 Å². The van der Waals surface area contributed by atoms with Crippen molar-refractivity contribution in [2.75, 3.05) is 38.2 Å². The van der Waals surface area contributed by atoms with E-state index in [4.69, 9.17) is 10.5 Å². The van der Waals surface area contributed by atoms with Crippen molar-refractivity contribution < 1.29 is 13.7 Å². The molecule has 1 aliphatic heterocycles. The standard InChI is InChI=1S/C15H18N2O3S/c1-20-14-5-4-13(11-12(14)3-2-6-16)15(18)17-7-9-21(19)10-8-17/h4-5,11H,6-10,16H2,1H3. The van der Waals surface area contributed by atoms with Gasteiger partial charge in [0.1, 0.15) is 5.75 Å². The number of carbonyl (C=O) groups excluding carboxylic acids is 1. The molecule has 0 radical (unpaired) electrons. The lowest BCUT2D eigenvalue weighted by molar-refractivity contribution is 0.0771. The first-order chi connectivity index (χ1) is 10.2. The zero-order valence-corrected chi connectivity index (χ0v) is 12.7. The zero-order valence-electron chi connectivity index (χ0n) is 11.9. The molecule has 0 atom stereocenters. The molecule has 1 amide bonds. The Morgan fingerprint density at radius 3 is 2.76 bits per heavy atom. The molecule has 1 fully saturated rings. The predicted octanol–water partition coefficient (Wildman–Crippen LogP) is 0.210. The summed E-state index contributed by atoms with van der Waals surface area (Å²) in [6, 6.07) is 5.17. The maximum absolute atomic E-state index is 12.4. The van der Waals surface area contributed by atoms with E-state index >= 15 is 0 Å². The Morgan fingerprint density at radius 1 is 1.43 bits per heavy atom. The van der Waals surface area contributed by atoms with E-state index in [1.54, 1.807) is 30.2 Å². The van der Waals surface area contributed by atoms with Crippen molar-refractivity contribution in [1.29, 1.82) is 0 Å². The summed E-state index contributed by atoms with van der Waals surface area (Å²) in [6.07, 6.45) is 0. The van der Waals surface area contributed by atoms with Crippen LogP contribution < -0.4 is 10.5 Å². The third-order valence-corrected chi connectivity index (χ3v) is 4.51. The monoisotopic (exact) mass is 306 g/mol. The van der Waals surface area contributed by atoms with Crippen LogP contribution in [0.1, 0.15) is 15.9 Å². The topological polar surface area (TPSA) is 72.6 Å². The highest BCUT2D eigenvalue weighted by Gasteiger charge is 2.21. The van der Waals surface area contributed by atoms with Crippen LogP contribution in [0, 0.1) is 11.8 Å². The smallest absolute Gasteiger partial charge is 0.253 e. The van der Waals surface area contributed by atoms with E-state index in [0.717, 1.165) is 0 Å². The fourth-order valence-corrected chi connectivity index (χ4v) is 3.16. The van der Waals surface area contributed by atoms with Crippen LogP contribution in [-0.4, -0.2) is 53.3 Å². The van der Waals surface area contributed by atoms with Gasteiger partial charge in [-0.25, -0.2) is 0 Å². The highest BCUT2D eigenvalue weighted by Crippen LogP contribution is 2.20. The molecule has 5 nitrogen and oxygen atoms in total. The molecule has 2 rings (SSSR count). The quantitative estimate of drug-likeness (QED) is 0.793. The summed E-state index contributed by atoms with van der Waals surface area (Å²) in [4.78, 5) is 14.2.